The fourth-order valence-electron chi connectivity index (χ4n) is 0.156. The van der Waals surface area contributed by atoms with Crippen molar-refractivity contribution in [1.82, 2.24) is 0 Å². The Morgan fingerprint density at radius 3 is 2.90 bits per heavy atom. The van der Waals surface area contributed by atoms with Gasteiger partial charge in [-0.15, -0.1) is 0 Å². The van der Waals surface area contributed by atoms with Crippen LogP contribution >= 0.6 is 15.9 Å². The first-order chi connectivity index (χ1) is 4.85. The average Bonchev–Trinajstić information content (AvgIpc) is 1.99. The fraction of sp³-hybridized carbons (Fsp3) is 0.250. The Morgan fingerprint density at radius 2 is 2.50 bits per heavy atom. The van der Waals surface area contributed by atoms with Crippen molar-refractivity contribution in [2.24, 2.45) is 0 Å². The van der Waals surface area contributed by atoms with Crippen LogP contribution in [-0.2, 0) is 8.11 Å². The molecule has 0 unspecified atom stereocenters. The molecule has 4 nitrogen and oxygen atoms in total. The van der Waals surface area contributed by atoms with Crippen LogP contribution in [0.15, 0.2) is 5.76 Å². The molecule has 0 spiro atoms. The number of allylic oxidation sites excluding steroid dienone is 1. The summed E-state index contributed by atoms with van der Waals surface area (Å²) in [6.45, 7) is 0. The Kier molecular flexibility index (Phi) is 7.07. The third-order valence-corrected chi connectivity index (χ3v) is 2.86. The zero-order valence-electron chi connectivity index (χ0n) is 4.80. The summed E-state index contributed by atoms with van der Waals surface area (Å²) >= 11 is 2.13. The molecular formula is C4H2BrN2O2Sn-. The van der Waals surface area contributed by atoms with Crippen molar-refractivity contribution in [2.75, 3.05) is 3.35 Å². The van der Waals surface area contributed by atoms with Gasteiger partial charge in [-0.25, -0.2) is 0 Å². The van der Waals surface area contributed by atoms with Gasteiger partial charge in [0.15, 0.2) is 0 Å². The van der Waals surface area contributed by atoms with Gasteiger partial charge in [0.2, 0.25) is 0 Å². The van der Waals surface area contributed by atoms with Crippen molar-refractivity contribution in [2.45, 2.75) is 0 Å². The van der Waals surface area contributed by atoms with E-state index in [9.17, 15) is 0 Å². The van der Waals surface area contributed by atoms with Crippen molar-refractivity contribution in [3.63, 3.8) is 0 Å². The van der Waals surface area contributed by atoms with Crippen LogP contribution < -0.4 is 0 Å². The summed E-state index contributed by atoms with van der Waals surface area (Å²) in [6.07, 6.45) is 0. The molecule has 0 bridgehead atoms. The molecule has 2 radical (unpaired) electrons. The topological polar surface area (TPSA) is 64.6 Å². The van der Waals surface area contributed by atoms with Crippen LogP contribution in [0.2, 0.25) is 0 Å². The summed E-state index contributed by atoms with van der Waals surface area (Å²) in [6, 6.07) is 1.53. The Balaban J connectivity index is 3.50. The van der Waals surface area contributed by atoms with Crippen LogP contribution in [0.5, 0.6) is 0 Å². The summed E-state index contributed by atoms with van der Waals surface area (Å²) in [5.74, 6) is 1.19. The van der Waals surface area contributed by atoms with Crippen LogP contribution in [0, 0.1) is 11.3 Å². The van der Waals surface area contributed by atoms with E-state index in [4.69, 9.17) is 10.7 Å². The van der Waals surface area contributed by atoms with Gasteiger partial charge in [0.1, 0.15) is 0 Å². The van der Waals surface area contributed by atoms with E-state index in [1.165, 1.54) is 11.9 Å². The van der Waals surface area contributed by atoms with Gasteiger partial charge in [-0.3, -0.25) is 0 Å². The zero-order valence-corrected chi connectivity index (χ0v) is 9.24. The summed E-state index contributed by atoms with van der Waals surface area (Å²) in [5, 5.41) is 16.2. The minimum absolute atomic E-state index is 0.346. The molecule has 6 heteroatoms. The van der Waals surface area contributed by atoms with Crippen LogP contribution in [0.1, 0.15) is 0 Å². The second-order valence-corrected chi connectivity index (χ2v) is 6.82. The van der Waals surface area contributed by atoms with E-state index < -0.39 is 21.6 Å². The molecule has 0 aromatic heterocycles. The number of hydrogen-bond acceptors (Lipinski definition) is 3. The van der Waals surface area contributed by atoms with E-state index in [0.29, 0.717) is 0 Å². The van der Waals surface area contributed by atoms with Gasteiger partial charge < -0.3 is 0 Å². The Hall–Kier alpha value is -0.0213. The number of halogens is 1. The number of alkyl halides is 1. The van der Waals surface area contributed by atoms with Crippen LogP contribution in [-0.4, -0.2) is 30.8 Å². The van der Waals surface area contributed by atoms with Crippen molar-refractivity contribution < 1.29 is 8.11 Å². The molecule has 0 aliphatic heterocycles. The molecule has 0 atom stereocenters. The van der Waals surface area contributed by atoms with Crippen molar-refractivity contribution in [1.29, 1.82) is 5.26 Å². The Labute approximate surface area is 77.1 Å². The second-order valence-electron chi connectivity index (χ2n) is 0.997. The number of hydrogen-bond donors (Lipinski definition) is 0. The molecule has 0 aliphatic carbocycles. The maximum atomic E-state index is 8.12. The van der Waals surface area contributed by atoms with E-state index >= 15 is 0 Å². The third-order valence-electron chi connectivity index (χ3n) is 0.442. The molecule has 10 heavy (non-hydrogen) atoms. The van der Waals surface area contributed by atoms with E-state index in [2.05, 4.69) is 24.0 Å². The molecule has 0 rings (SSSR count). The van der Waals surface area contributed by atoms with E-state index in [0.717, 1.165) is 3.35 Å². The molecule has 0 fully saturated rings. The van der Waals surface area contributed by atoms with E-state index in [1.54, 1.807) is 0 Å². The third kappa shape index (κ3) is 4.82. The predicted molar refractivity (Wildman–Crippen MR) is 39.2 cm³/mol. The molecule has 0 aromatic carbocycles. The first-order valence-corrected chi connectivity index (χ1v) is 6.45. The standard InChI is InChI=1S/C3HN2O2.CH2Br.Sn/c4-1-3(2-5)7-6;1-2;/h6H;1H2;/q-1;;+1/p-1. The molecule has 0 saturated carbocycles. The molecule has 0 N–H and O–H groups in total. The van der Waals surface area contributed by atoms with E-state index in [1.807, 2.05) is 0 Å². The normalized spacial score (nSPS) is 7.60. The number of nitriles is 1. The summed E-state index contributed by atoms with van der Waals surface area (Å²) < 4.78 is 5.33. The van der Waals surface area contributed by atoms with Gasteiger partial charge in [-0.2, -0.15) is 0 Å². The van der Waals surface area contributed by atoms with Crippen molar-refractivity contribution in [3.05, 3.63) is 11.2 Å². The summed E-state index contributed by atoms with van der Waals surface area (Å²) in [4.78, 5) is 4.32. The Bertz CT molecular complexity index is 184. The molecule has 0 aromatic rings. The van der Waals surface area contributed by atoms with Gasteiger partial charge >= 0.3 is 77.3 Å². The maximum absolute atomic E-state index is 8.12. The molecule has 0 saturated heterocycles. The second kappa shape index (κ2) is 7.09. The first kappa shape index (κ1) is 9.98. The van der Waals surface area contributed by atoms with Gasteiger partial charge in [0, 0.05) is 0 Å². The molecule has 0 amide bonds. The van der Waals surface area contributed by atoms with E-state index in [-0.39, 0.29) is 5.76 Å². The Morgan fingerprint density at radius 1 is 1.80 bits per heavy atom. The quantitative estimate of drug-likeness (QED) is 0.111. The first-order valence-electron chi connectivity index (χ1n) is 2.14. The van der Waals surface area contributed by atoms with Crippen LogP contribution in [0.4, 0.5) is 0 Å². The molecule has 0 aliphatic rings. The van der Waals surface area contributed by atoms with Gasteiger partial charge in [0.05, 0.1) is 0 Å². The van der Waals surface area contributed by atoms with Crippen LogP contribution in [0.3, 0.4) is 0 Å². The SMILES string of the molecule is N#CC(=C=[N-])O[O][Sn][CH2]Br. The monoisotopic (exact) mass is 309 g/mol. The molecule has 52 valence electrons. The molecule has 0 heterocycles. The fourth-order valence-corrected chi connectivity index (χ4v) is 1.32. The molecular weight excluding hydrogens is 307 g/mol. The average molecular weight is 309 g/mol. The number of rotatable bonds is 4. The van der Waals surface area contributed by atoms with Crippen LogP contribution in [0.25, 0.3) is 5.41 Å². The summed E-state index contributed by atoms with van der Waals surface area (Å²) in [5.41, 5.74) is 0. The summed E-state index contributed by atoms with van der Waals surface area (Å²) in [7, 11) is 0. The zero-order chi connectivity index (χ0) is 7.82. The number of nitrogens with zero attached hydrogens (tertiary/aromatic N) is 2. The van der Waals surface area contributed by atoms with Gasteiger partial charge in [0.25, 0.3) is 0 Å². The van der Waals surface area contributed by atoms with Crippen molar-refractivity contribution in [3.8, 4) is 6.07 Å². The minimum atomic E-state index is -1.01. The predicted octanol–water partition coefficient (Wildman–Crippen LogP) is 0.553. The van der Waals surface area contributed by atoms with Gasteiger partial charge in [-0.05, 0) is 0 Å². The van der Waals surface area contributed by atoms with Gasteiger partial charge in [-0.1, -0.05) is 0 Å². The van der Waals surface area contributed by atoms with Crippen molar-refractivity contribution >= 4 is 43.4 Å².